The maximum absolute atomic E-state index is 10.8. The molecule has 0 aromatic rings. The molecule has 1 aliphatic carbocycles. The van der Waals surface area contributed by atoms with Crippen molar-refractivity contribution >= 4 is 11.1 Å². The normalized spacial score (nSPS) is 27.5. The summed E-state index contributed by atoms with van der Waals surface area (Å²) in [5.41, 5.74) is 5.75. The zero-order valence-corrected chi connectivity index (χ0v) is 7.40. The monoisotopic (exact) mass is 177 g/mol. The Morgan fingerprint density at radius 2 is 1.64 bits per heavy atom. The smallest absolute Gasteiger partial charge is 0.173 e. The molecule has 66 valence electrons. The largest absolute Gasteiger partial charge is 0.313 e. The molecule has 0 aromatic heterocycles. The predicted octanol–water partition coefficient (Wildman–Crippen LogP) is 1.22. The molecule has 0 saturated heterocycles. The Morgan fingerprint density at radius 1 is 1.18 bits per heavy atom. The molecule has 11 heavy (non-hydrogen) atoms. The van der Waals surface area contributed by atoms with E-state index in [1.807, 2.05) is 0 Å². The molecule has 0 aromatic carbocycles. The minimum Gasteiger partial charge on any atom is -0.313 e. The Bertz CT molecular complexity index is 153. The van der Waals surface area contributed by atoms with Crippen LogP contribution in [-0.4, -0.2) is 13.6 Å². The zero-order valence-electron chi connectivity index (χ0n) is 6.58. The lowest BCUT2D eigenvalue weighted by Gasteiger charge is -2.22. The molecule has 0 heterocycles. The second-order valence-corrected chi connectivity index (χ2v) is 4.54. The minimum atomic E-state index is -1.85. The standard InChI is InChI=1S/C7H15NO2S/c8-7(11(9)10)5-3-1-2-4-6-7/h1-6,8H2,(H,9,10). The van der Waals surface area contributed by atoms with Crippen molar-refractivity contribution in [1.82, 2.24) is 0 Å². The molecule has 0 aliphatic heterocycles. The summed E-state index contributed by atoms with van der Waals surface area (Å²) in [6.07, 6.45) is 5.66. The Balaban J connectivity index is 2.59. The number of hydrogen-bond acceptors (Lipinski definition) is 2. The summed E-state index contributed by atoms with van der Waals surface area (Å²) in [6, 6.07) is 0. The highest BCUT2D eigenvalue weighted by Gasteiger charge is 2.31. The first-order valence-corrected chi connectivity index (χ1v) is 5.16. The third-order valence-corrected chi connectivity index (χ3v) is 3.40. The Labute approximate surface area is 69.6 Å². The van der Waals surface area contributed by atoms with Gasteiger partial charge in [-0.25, -0.2) is 4.21 Å². The molecule has 3 N–H and O–H groups in total. The van der Waals surface area contributed by atoms with Gasteiger partial charge in [0.05, 0.1) is 0 Å². The lowest BCUT2D eigenvalue weighted by molar-refractivity contribution is 0.452. The fraction of sp³-hybridized carbons (Fsp3) is 1.00. The van der Waals surface area contributed by atoms with E-state index in [9.17, 15) is 4.21 Å². The van der Waals surface area contributed by atoms with Gasteiger partial charge in [0.2, 0.25) is 0 Å². The molecule has 3 nitrogen and oxygen atoms in total. The van der Waals surface area contributed by atoms with Gasteiger partial charge in [-0.1, -0.05) is 25.7 Å². The van der Waals surface area contributed by atoms with Crippen molar-refractivity contribution in [3.63, 3.8) is 0 Å². The molecule has 1 fully saturated rings. The molecule has 1 saturated carbocycles. The van der Waals surface area contributed by atoms with Crippen LogP contribution in [0.4, 0.5) is 0 Å². The van der Waals surface area contributed by atoms with E-state index in [0.717, 1.165) is 25.7 Å². The van der Waals surface area contributed by atoms with E-state index >= 15 is 0 Å². The fourth-order valence-electron chi connectivity index (χ4n) is 1.50. The average Bonchev–Trinajstić information content (AvgIpc) is 2.15. The van der Waals surface area contributed by atoms with Gasteiger partial charge in [0.25, 0.3) is 0 Å². The average molecular weight is 177 g/mol. The van der Waals surface area contributed by atoms with Crippen molar-refractivity contribution in [3.8, 4) is 0 Å². The SMILES string of the molecule is NC1(S(=O)O)CCCCCC1. The second-order valence-electron chi connectivity index (χ2n) is 3.23. The molecule has 0 radical (unpaired) electrons. The highest BCUT2D eigenvalue weighted by atomic mass is 32.2. The second kappa shape index (κ2) is 3.65. The molecular weight excluding hydrogens is 162 g/mol. The summed E-state index contributed by atoms with van der Waals surface area (Å²) in [5, 5.41) is 0. The summed E-state index contributed by atoms with van der Waals surface area (Å²) in [5.74, 6) is 0. The maximum Gasteiger partial charge on any atom is 0.173 e. The molecule has 1 aliphatic rings. The van der Waals surface area contributed by atoms with Gasteiger partial charge >= 0.3 is 0 Å². The van der Waals surface area contributed by atoms with Crippen LogP contribution in [0.2, 0.25) is 0 Å². The Morgan fingerprint density at radius 3 is 2.00 bits per heavy atom. The van der Waals surface area contributed by atoms with Gasteiger partial charge < -0.3 is 10.3 Å². The topological polar surface area (TPSA) is 63.3 Å². The highest BCUT2D eigenvalue weighted by Crippen LogP contribution is 2.26. The van der Waals surface area contributed by atoms with Crippen LogP contribution in [0.15, 0.2) is 0 Å². The minimum absolute atomic E-state index is 0.691. The number of hydrogen-bond donors (Lipinski definition) is 2. The van der Waals surface area contributed by atoms with Gasteiger partial charge in [-0.3, -0.25) is 0 Å². The van der Waals surface area contributed by atoms with Gasteiger partial charge in [0.15, 0.2) is 11.1 Å². The van der Waals surface area contributed by atoms with Gasteiger partial charge in [0, 0.05) is 0 Å². The Kier molecular flexibility index (Phi) is 3.04. The van der Waals surface area contributed by atoms with Crippen molar-refractivity contribution in [2.45, 2.75) is 43.4 Å². The molecule has 1 unspecified atom stereocenters. The molecular formula is C7H15NO2S. The summed E-state index contributed by atoms with van der Waals surface area (Å²) in [6.45, 7) is 0. The van der Waals surface area contributed by atoms with Crippen molar-refractivity contribution < 1.29 is 8.76 Å². The van der Waals surface area contributed by atoms with Crippen molar-refractivity contribution in [2.24, 2.45) is 5.73 Å². The fourth-order valence-corrected chi connectivity index (χ4v) is 2.14. The quantitative estimate of drug-likeness (QED) is 0.467. The van der Waals surface area contributed by atoms with Gasteiger partial charge in [-0.05, 0) is 12.8 Å². The van der Waals surface area contributed by atoms with Crippen molar-refractivity contribution in [3.05, 3.63) is 0 Å². The summed E-state index contributed by atoms with van der Waals surface area (Å²) in [4.78, 5) is -0.809. The lowest BCUT2D eigenvalue weighted by Crippen LogP contribution is -2.43. The van der Waals surface area contributed by atoms with Crippen LogP contribution < -0.4 is 5.73 Å². The third kappa shape index (κ3) is 2.25. The van der Waals surface area contributed by atoms with Gasteiger partial charge in [-0.15, -0.1) is 0 Å². The first-order valence-electron chi connectivity index (χ1n) is 4.05. The van der Waals surface area contributed by atoms with E-state index in [-0.39, 0.29) is 0 Å². The van der Waals surface area contributed by atoms with E-state index in [0.29, 0.717) is 12.8 Å². The molecule has 0 amide bonds. The number of rotatable bonds is 1. The summed E-state index contributed by atoms with van der Waals surface area (Å²) < 4.78 is 19.7. The van der Waals surface area contributed by atoms with Crippen LogP contribution in [0.5, 0.6) is 0 Å². The lowest BCUT2D eigenvalue weighted by atomic mass is 10.1. The van der Waals surface area contributed by atoms with E-state index in [1.54, 1.807) is 0 Å². The molecule has 4 heteroatoms. The predicted molar refractivity (Wildman–Crippen MR) is 45.4 cm³/mol. The van der Waals surface area contributed by atoms with Crippen molar-refractivity contribution in [1.29, 1.82) is 0 Å². The number of nitrogens with two attached hydrogens (primary N) is 1. The van der Waals surface area contributed by atoms with Crippen molar-refractivity contribution in [2.75, 3.05) is 0 Å². The van der Waals surface area contributed by atoms with Crippen LogP contribution in [-0.2, 0) is 11.1 Å². The molecule has 0 spiro atoms. The Hall–Kier alpha value is 0.0700. The molecule has 1 rings (SSSR count). The summed E-state index contributed by atoms with van der Waals surface area (Å²) in [7, 11) is 0. The van der Waals surface area contributed by atoms with Gasteiger partial charge in [0.1, 0.15) is 4.87 Å². The first-order chi connectivity index (χ1) is 5.15. The van der Waals surface area contributed by atoms with E-state index in [1.165, 1.54) is 0 Å². The zero-order chi connectivity index (χ0) is 8.32. The van der Waals surface area contributed by atoms with Gasteiger partial charge in [-0.2, -0.15) is 0 Å². The third-order valence-electron chi connectivity index (χ3n) is 2.30. The van der Waals surface area contributed by atoms with E-state index in [4.69, 9.17) is 10.3 Å². The van der Waals surface area contributed by atoms with Crippen LogP contribution >= 0.6 is 0 Å². The van der Waals surface area contributed by atoms with Crippen LogP contribution in [0, 0.1) is 0 Å². The summed E-state index contributed by atoms with van der Waals surface area (Å²) >= 11 is -1.85. The highest BCUT2D eigenvalue weighted by molar-refractivity contribution is 7.80. The van der Waals surface area contributed by atoms with Crippen LogP contribution in [0.25, 0.3) is 0 Å². The molecule has 0 bridgehead atoms. The maximum atomic E-state index is 10.8. The van der Waals surface area contributed by atoms with Crippen LogP contribution in [0.1, 0.15) is 38.5 Å². The van der Waals surface area contributed by atoms with E-state index in [2.05, 4.69) is 0 Å². The first kappa shape index (κ1) is 9.16. The van der Waals surface area contributed by atoms with Crippen LogP contribution in [0.3, 0.4) is 0 Å². The van der Waals surface area contributed by atoms with E-state index < -0.39 is 16.0 Å². The molecule has 1 atom stereocenters.